The van der Waals surface area contributed by atoms with E-state index in [1.807, 2.05) is 27.2 Å². The van der Waals surface area contributed by atoms with Gasteiger partial charge < -0.3 is 28.8 Å². The summed E-state index contributed by atoms with van der Waals surface area (Å²) >= 11 is 0. The van der Waals surface area contributed by atoms with E-state index >= 15 is 0 Å². The van der Waals surface area contributed by atoms with Crippen molar-refractivity contribution < 1.29 is 32.9 Å². The van der Waals surface area contributed by atoms with Gasteiger partial charge in [-0.2, -0.15) is 0 Å². The molecule has 3 atom stereocenters. The second-order valence-electron chi connectivity index (χ2n) is 23.1. The molecule has 0 saturated carbocycles. The number of nitrogens with one attached hydrogen (secondary N) is 1. The van der Waals surface area contributed by atoms with Gasteiger partial charge in [-0.25, -0.2) is 0 Å². The van der Waals surface area contributed by atoms with Crippen LogP contribution in [0.25, 0.3) is 0 Å². The van der Waals surface area contributed by atoms with Crippen molar-refractivity contribution in [2.75, 3.05) is 40.9 Å². The van der Waals surface area contributed by atoms with Crippen LogP contribution in [0.5, 0.6) is 0 Å². The molecule has 0 aliphatic carbocycles. The number of phosphoric acid groups is 1. The molecule has 0 aliphatic rings. The van der Waals surface area contributed by atoms with Crippen molar-refractivity contribution in [1.29, 1.82) is 0 Å². The highest BCUT2D eigenvalue weighted by molar-refractivity contribution is 7.45. The number of rotatable bonds is 59. The van der Waals surface area contributed by atoms with Crippen LogP contribution >= 0.6 is 7.82 Å². The number of nitrogens with zero attached hydrogens (tertiary/aromatic N) is 1. The number of carbonyl (C=O) groups is 1. The van der Waals surface area contributed by atoms with Gasteiger partial charge in [-0.15, -0.1) is 0 Å². The topological polar surface area (TPSA) is 108 Å². The molecule has 0 rings (SSSR count). The number of phosphoric ester groups is 1. The van der Waals surface area contributed by atoms with Crippen molar-refractivity contribution in [1.82, 2.24) is 5.32 Å². The van der Waals surface area contributed by atoms with Crippen molar-refractivity contribution in [3.05, 3.63) is 36.5 Å². The zero-order chi connectivity index (χ0) is 53.5. The van der Waals surface area contributed by atoms with Crippen molar-refractivity contribution >= 4 is 13.7 Å². The second-order valence-corrected chi connectivity index (χ2v) is 24.5. The highest BCUT2D eigenvalue weighted by atomic mass is 31.2. The molecule has 3 unspecified atom stereocenters. The number of hydrogen-bond acceptors (Lipinski definition) is 6. The zero-order valence-corrected chi connectivity index (χ0v) is 50.3. The Balaban J connectivity index is 4.09. The van der Waals surface area contributed by atoms with Crippen LogP contribution in [-0.4, -0.2) is 68.5 Å². The normalized spacial score (nSPS) is 14.0. The Bertz CT molecular complexity index is 1280. The van der Waals surface area contributed by atoms with E-state index < -0.39 is 20.0 Å². The predicted octanol–water partition coefficient (Wildman–Crippen LogP) is 19.1. The smallest absolute Gasteiger partial charge is 0.268 e. The molecule has 0 heterocycles. The zero-order valence-electron chi connectivity index (χ0n) is 49.4. The van der Waals surface area contributed by atoms with Crippen LogP contribution in [0.4, 0.5) is 0 Å². The van der Waals surface area contributed by atoms with Crippen molar-refractivity contribution in [3.8, 4) is 0 Å². The lowest BCUT2D eigenvalue weighted by atomic mass is 10.0. The number of carbonyl (C=O) groups excluding carboxylic acids is 1. The van der Waals surface area contributed by atoms with E-state index in [-0.39, 0.29) is 19.1 Å². The minimum atomic E-state index is -4.60. The quantitative estimate of drug-likeness (QED) is 0.0272. The molecular weight excluding hydrogens is 924 g/mol. The molecule has 0 aromatic heterocycles. The number of quaternary nitrogens is 1. The van der Waals surface area contributed by atoms with E-state index in [0.717, 1.165) is 44.9 Å². The third-order valence-electron chi connectivity index (χ3n) is 14.6. The molecule has 0 spiro atoms. The molecule has 2 N–H and O–H groups in total. The molecule has 73 heavy (non-hydrogen) atoms. The Labute approximate surface area is 455 Å². The van der Waals surface area contributed by atoms with Crippen molar-refractivity contribution in [2.24, 2.45) is 0 Å². The number of unbranched alkanes of at least 4 members (excludes halogenated alkanes) is 42. The van der Waals surface area contributed by atoms with Crippen LogP contribution in [-0.2, 0) is 18.4 Å². The van der Waals surface area contributed by atoms with Crippen LogP contribution in [0.3, 0.4) is 0 Å². The van der Waals surface area contributed by atoms with Gasteiger partial charge in [0.2, 0.25) is 5.91 Å². The molecule has 9 heteroatoms. The Morgan fingerprint density at radius 3 is 1.14 bits per heavy atom. The molecule has 0 aromatic carbocycles. The van der Waals surface area contributed by atoms with Gasteiger partial charge in [0.1, 0.15) is 13.2 Å². The van der Waals surface area contributed by atoms with E-state index in [9.17, 15) is 19.4 Å². The number of hydrogen-bond donors (Lipinski definition) is 2. The van der Waals surface area contributed by atoms with E-state index in [1.165, 1.54) is 250 Å². The Morgan fingerprint density at radius 1 is 0.479 bits per heavy atom. The predicted molar refractivity (Wildman–Crippen MR) is 316 cm³/mol. The molecule has 0 aromatic rings. The first-order valence-electron chi connectivity index (χ1n) is 31.9. The second kappa shape index (κ2) is 55.5. The maximum atomic E-state index is 13.0. The third kappa shape index (κ3) is 58.2. The summed E-state index contributed by atoms with van der Waals surface area (Å²) in [5.74, 6) is -0.193. The number of allylic oxidation sites excluding steroid dienone is 5. The highest BCUT2D eigenvalue weighted by Gasteiger charge is 2.23. The summed E-state index contributed by atoms with van der Waals surface area (Å²) in [5.41, 5.74) is 0. The molecule has 0 fully saturated rings. The SMILES string of the molecule is CCCCCCCCCCC/C=C\C/C=C\CCCCCCCCCCCCCCCCCC(=O)NC(COP(=O)([O-])OCC[N+](C)(C)C)C(O)/C=C/CCCCCCCCCCCCCCCCCCCC. The summed E-state index contributed by atoms with van der Waals surface area (Å²) in [5, 5.41) is 13.9. The van der Waals surface area contributed by atoms with Crippen LogP contribution in [0.15, 0.2) is 36.5 Å². The fraction of sp³-hybridized carbons (Fsp3) is 0.891. The van der Waals surface area contributed by atoms with Crippen molar-refractivity contribution in [2.45, 2.75) is 328 Å². The van der Waals surface area contributed by atoms with Gasteiger partial charge >= 0.3 is 0 Å². The Morgan fingerprint density at radius 2 is 0.795 bits per heavy atom. The number of amides is 1. The fourth-order valence-corrected chi connectivity index (χ4v) is 10.3. The first-order valence-corrected chi connectivity index (χ1v) is 33.3. The van der Waals surface area contributed by atoms with Gasteiger partial charge in [0.15, 0.2) is 0 Å². The lowest BCUT2D eigenvalue weighted by Gasteiger charge is -2.29. The monoisotopic (exact) mass is 1050 g/mol. The van der Waals surface area contributed by atoms with Crippen LogP contribution in [0.1, 0.15) is 316 Å². The van der Waals surface area contributed by atoms with Gasteiger partial charge in [0.25, 0.3) is 7.82 Å². The lowest BCUT2D eigenvalue weighted by molar-refractivity contribution is -0.870. The lowest BCUT2D eigenvalue weighted by Crippen LogP contribution is -2.45. The van der Waals surface area contributed by atoms with E-state index in [0.29, 0.717) is 17.4 Å². The van der Waals surface area contributed by atoms with E-state index in [2.05, 4.69) is 43.5 Å². The summed E-state index contributed by atoms with van der Waals surface area (Å²) in [4.78, 5) is 25.6. The van der Waals surface area contributed by atoms with Gasteiger partial charge in [-0.3, -0.25) is 9.36 Å². The average molecular weight is 1050 g/mol. The summed E-state index contributed by atoms with van der Waals surface area (Å²) < 4.78 is 23.4. The molecule has 8 nitrogen and oxygen atoms in total. The Kier molecular flexibility index (Phi) is 54.5. The average Bonchev–Trinajstić information content (AvgIpc) is 3.35. The molecule has 0 radical (unpaired) electrons. The summed E-state index contributed by atoms with van der Waals surface area (Å²) in [6.45, 7) is 4.69. The first-order chi connectivity index (χ1) is 35.5. The summed E-state index contributed by atoms with van der Waals surface area (Å²) in [6.07, 6.45) is 72.4. The maximum Gasteiger partial charge on any atom is 0.268 e. The largest absolute Gasteiger partial charge is 0.756 e. The molecular formula is C64H125N2O6P. The standard InChI is InChI=1S/C64H125N2O6P/c1-6-8-10-12-14-16-18-20-22-24-26-28-29-30-31-32-33-34-35-36-37-38-40-42-44-46-48-50-52-54-56-58-64(68)65-62(61-72-73(69,70)71-60-59-66(3,4)5)63(67)57-55-53-51-49-47-45-43-41-39-27-25-23-21-19-17-15-13-11-9-7-2/h26,28,30-31,55,57,62-63,67H,6-25,27,29,32-54,56,58-61H2,1-5H3,(H-,65,68,69,70)/b28-26-,31-30-,57-55+. The number of aliphatic hydroxyl groups excluding tert-OH is 1. The number of aliphatic hydroxyl groups is 1. The minimum Gasteiger partial charge on any atom is -0.756 e. The molecule has 0 saturated heterocycles. The first kappa shape index (κ1) is 71.7. The van der Waals surface area contributed by atoms with Crippen LogP contribution < -0.4 is 10.2 Å². The van der Waals surface area contributed by atoms with Gasteiger partial charge in [-0.1, -0.05) is 294 Å². The van der Waals surface area contributed by atoms with Gasteiger partial charge in [0, 0.05) is 6.42 Å². The molecule has 0 bridgehead atoms. The highest BCUT2D eigenvalue weighted by Crippen LogP contribution is 2.38. The third-order valence-corrected chi connectivity index (χ3v) is 15.6. The van der Waals surface area contributed by atoms with E-state index in [4.69, 9.17) is 9.05 Å². The maximum absolute atomic E-state index is 13.0. The molecule has 1 amide bonds. The Hall–Kier alpha value is -1.28. The molecule has 432 valence electrons. The molecule has 0 aliphatic heterocycles. The fourth-order valence-electron chi connectivity index (χ4n) is 9.60. The van der Waals surface area contributed by atoms with Gasteiger partial charge in [-0.05, 0) is 51.4 Å². The summed E-state index contributed by atoms with van der Waals surface area (Å²) in [7, 11) is 1.27. The van der Waals surface area contributed by atoms with Crippen LogP contribution in [0.2, 0.25) is 0 Å². The van der Waals surface area contributed by atoms with Crippen molar-refractivity contribution in [3.63, 3.8) is 0 Å². The summed E-state index contributed by atoms with van der Waals surface area (Å²) in [6, 6.07) is -0.886. The number of likely N-dealkylation sites (N-methyl/N-ethyl adjacent to an activating group) is 1. The van der Waals surface area contributed by atoms with E-state index in [1.54, 1.807) is 6.08 Å². The minimum absolute atomic E-state index is 0.000263. The van der Waals surface area contributed by atoms with Crippen LogP contribution in [0, 0.1) is 0 Å². The van der Waals surface area contributed by atoms with Gasteiger partial charge in [0.05, 0.1) is 39.9 Å².